The smallest absolute Gasteiger partial charge is 0.318 e. The standard InChI is InChI=1S/C19H23N3OS/c23-19(20-11-15-5-2-1-3-6-15)22-16-8-9-17(22)13-21(12-16)14-18-7-4-10-24-18/h1-7,10,16-17H,8-9,11-14H2,(H,20,23)/t16-,17-/m0/s1. The third-order valence-corrected chi connectivity index (χ3v) is 5.90. The van der Waals surface area contributed by atoms with Crippen LogP contribution in [0.15, 0.2) is 47.8 Å². The molecule has 5 heteroatoms. The van der Waals surface area contributed by atoms with Crippen LogP contribution >= 0.6 is 11.3 Å². The molecule has 126 valence electrons. The first kappa shape index (κ1) is 15.7. The lowest BCUT2D eigenvalue weighted by atomic mass is 10.2. The van der Waals surface area contributed by atoms with Gasteiger partial charge in [0.2, 0.25) is 0 Å². The quantitative estimate of drug-likeness (QED) is 0.926. The lowest BCUT2D eigenvalue weighted by molar-refractivity contribution is 0.0845. The van der Waals surface area contributed by atoms with E-state index in [-0.39, 0.29) is 6.03 Å². The van der Waals surface area contributed by atoms with E-state index in [4.69, 9.17) is 0 Å². The Morgan fingerprint density at radius 3 is 2.50 bits per heavy atom. The molecule has 4 nitrogen and oxygen atoms in total. The molecule has 1 aromatic heterocycles. The Hall–Kier alpha value is -1.85. The van der Waals surface area contributed by atoms with Crippen LogP contribution in [0.4, 0.5) is 4.79 Å². The molecule has 2 bridgehead atoms. The van der Waals surface area contributed by atoms with Crippen LogP contribution in [-0.4, -0.2) is 41.0 Å². The summed E-state index contributed by atoms with van der Waals surface area (Å²) in [5, 5.41) is 5.24. The van der Waals surface area contributed by atoms with E-state index in [2.05, 4.69) is 32.6 Å². The Bertz CT molecular complexity index is 659. The highest BCUT2D eigenvalue weighted by Gasteiger charge is 2.42. The summed E-state index contributed by atoms with van der Waals surface area (Å²) in [6.45, 7) is 3.61. The van der Waals surface area contributed by atoms with E-state index >= 15 is 0 Å². The minimum atomic E-state index is 0.0992. The SMILES string of the molecule is O=C(NCc1ccccc1)N1[C@H]2CC[C@H]1CN(Cc1cccs1)C2. The Morgan fingerprint density at radius 1 is 1.08 bits per heavy atom. The normalized spacial score (nSPS) is 23.4. The van der Waals surface area contributed by atoms with Gasteiger partial charge in [0.25, 0.3) is 0 Å². The molecule has 0 radical (unpaired) electrons. The summed E-state index contributed by atoms with van der Waals surface area (Å²) in [5.41, 5.74) is 1.15. The second-order valence-electron chi connectivity index (χ2n) is 6.71. The molecule has 1 aromatic carbocycles. The molecule has 2 saturated heterocycles. The van der Waals surface area contributed by atoms with Crippen molar-refractivity contribution in [3.63, 3.8) is 0 Å². The maximum absolute atomic E-state index is 12.7. The molecule has 1 N–H and O–H groups in total. The zero-order valence-corrected chi connectivity index (χ0v) is 14.5. The zero-order chi connectivity index (χ0) is 16.4. The number of hydrogen-bond acceptors (Lipinski definition) is 3. The highest BCUT2D eigenvalue weighted by molar-refractivity contribution is 7.09. The molecule has 2 aliphatic rings. The summed E-state index contributed by atoms with van der Waals surface area (Å²) in [6, 6.07) is 15.2. The molecule has 2 aromatic rings. The first-order valence-corrected chi connectivity index (χ1v) is 9.52. The maximum atomic E-state index is 12.7. The fraction of sp³-hybridized carbons (Fsp3) is 0.421. The fourth-order valence-corrected chi connectivity index (χ4v) is 4.68. The van der Waals surface area contributed by atoms with Gasteiger partial charge in [0.05, 0.1) is 0 Å². The highest BCUT2D eigenvalue weighted by Crippen LogP contribution is 2.31. The van der Waals surface area contributed by atoms with E-state index in [1.54, 1.807) is 0 Å². The Morgan fingerprint density at radius 2 is 1.83 bits per heavy atom. The van der Waals surface area contributed by atoms with Crippen LogP contribution in [-0.2, 0) is 13.1 Å². The van der Waals surface area contributed by atoms with E-state index in [0.29, 0.717) is 18.6 Å². The van der Waals surface area contributed by atoms with Crippen molar-refractivity contribution in [1.29, 1.82) is 0 Å². The monoisotopic (exact) mass is 341 g/mol. The number of likely N-dealkylation sites (tertiary alicyclic amines) is 1. The van der Waals surface area contributed by atoms with Gasteiger partial charge in [-0.05, 0) is 29.9 Å². The predicted octanol–water partition coefficient (Wildman–Crippen LogP) is 3.31. The maximum Gasteiger partial charge on any atom is 0.318 e. The van der Waals surface area contributed by atoms with Crippen LogP contribution in [0.2, 0.25) is 0 Å². The van der Waals surface area contributed by atoms with E-state index in [9.17, 15) is 4.79 Å². The number of hydrogen-bond donors (Lipinski definition) is 1. The molecule has 2 atom stereocenters. The Kier molecular flexibility index (Phi) is 4.54. The van der Waals surface area contributed by atoms with Crippen molar-refractivity contribution in [1.82, 2.24) is 15.1 Å². The second-order valence-corrected chi connectivity index (χ2v) is 7.74. The van der Waals surface area contributed by atoms with E-state index in [0.717, 1.165) is 38.0 Å². The van der Waals surface area contributed by atoms with Gasteiger partial charge in [-0.3, -0.25) is 4.90 Å². The van der Waals surface area contributed by atoms with Crippen molar-refractivity contribution in [3.8, 4) is 0 Å². The molecule has 0 spiro atoms. The van der Waals surface area contributed by atoms with Gasteiger partial charge in [-0.2, -0.15) is 0 Å². The lowest BCUT2D eigenvalue weighted by Gasteiger charge is -2.40. The zero-order valence-electron chi connectivity index (χ0n) is 13.7. The van der Waals surface area contributed by atoms with Gasteiger partial charge in [-0.1, -0.05) is 36.4 Å². The number of urea groups is 1. The number of fused-ring (bicyclic) bond motifs is 2. The summed E-state index contributed by atoms with van der Waals surface area (Å²) >= 11 is 1.82. The van der Waals surface area contributed by atoms with Gasteiger partial charge >= 0.3 is 6.03 Å². The first-order chi connectivity index (χ1) is 11.8. The topological polar surface area (TPSA) is 35.6 Å². The third-order valence-electron chi connectivity index (χ3n) is 5.04. The molecule has 2 amide bonds. The molecule has 0 aliphatic carbocycles. The average Bonchev–Trinajstić information content (AvgIpc) is 3.20. The number of piperazine rings is 1. The van der Waals surface area contributed by atoms with Crippen molar-refractivity contribution in [2.24, 2.45) is 0 Å². The molecule has 2 aliphatic heterocycles. The Balaban J connectivity index is 1.34. The number of nitrogens with zero attached hydrogens (tertiary/aromatic N) is 2. The molecule has 4 rings (SSSR count). The number of carbonyl (C=O) groups excluding carboxylic acids is 1. The summed E-state index contributed by atoms with van der Waals surface area (Å²) in [6.07, 6.45) is 2.26. The number of amides is 2. The summed E-state index contributed by atoms with van der Waals surface area (Å²) < 4.78 is 0. The minimum absolute atomic E-state index is 0.0992. The lowest BCUT2D eigenvalue weighted by Crippen LogP contribution is -2.57. The predicted molar refractivity (Wildman–Crippen MR) is 96.9 cm³/mol. The van der Waals surface area contributed by atoms with Crippen molar-refractivity contribution in [2.75, 3.05) is 13.1 Å². The largest absolute Gasteiger partial charge is 0.334 e. The number of rotatable bonds is 4. The highest BCUT2D eigenvalue weighted by atomic mass is 32.1. The van der Waals surface area contributed by atoms with Crippen molar-refractivity contribution < 1.29 is 4.79 Å². The van der Waals surface area contributed by atoms with Crippen molar-refractivity contribution in [3.05, 3.63) is 58.3 Å². The Labute approximate surface area is 147 Å². The van der Waals surface area contributed by atoms with Crippen molar-refractivity contribution in [2.45, 2.75) is 38.0 Å². The molecular formula is C19H23N3OS. The van der Waals surface area contributed by atoms with E-state index < -0.39 is 0 Å². The van der Waals surface area contributed by atoms with Crippen LogP contribution in [0.3, 0.4) is 0 Å². The van der Waals surface area contributed by atoms with Gasteiger partial charge in [0.15, 0.2) is 0 Å². The average molecular weight is 341 g/mol. The number of thiophene rings is 1. The fourth-order valence-electron chi connectivity index (χ4n) is 3.94. The van der Waals surface area contributed by atoms with Gasteiger partial charge in [-0.25, -0.2) is 4.79 Å². The van der Waals surface area contributed by atoms with Crippen LogP contribution in [0.25, 0.3) is 0 Å². The number of benzene rings is 1. The van der Waals surface area contributed by atoms with Gasteiger partial charge < -0.3 is 10.2 Å². The van der Waals surface area contributed by atoms with Gasteiger partial charge in [-0.15, -0.1) is 11.3 Å². The van der Waals surface area contributed by atoms with Crippen molar-refractivity contribution >= 4 is 17.4 Å². The van der Waals surface area contributed by atoms with Gasteiger partial charge in [0.1, 0.15) is 0 Å². The molecular weight excluding hydrogens is 318 g/mol. The second kappa shape index (κ2) is 6.95. The van der Waals surface area contributed by atoms with E-state index in [1.807, 2.05) is 41.7 Å². The number of carbonyl (C=O) groups is 1. The summed E-state index contributed by atoms with van der Waals surface area (Å²) in [7, 11) is 0. The van der Waals surface area contributed by atoms with E-state index in [1.165, 1.54) is 4.88 Å². The van der Waals surface area contributed by atoms with Crippen LogP contribution in [0, 0.1) is 0 Å². The molecule has 2 fully saturated rings. The summed E-state index contributed by atoms with van der Waals surface area (Å²) in [5.74, 6) is 0. The summed E-state index contributed by atoms with van der Waals surface area (Å²) in [4.78, 5) is 18.7. The minimum Gasteiger partial charge on any atom is -0.334 e. The third kappa shape index (κ3) is 3.32. The molecule has 3 heterocycles. The van der Waals surface area contributed by atoms with Gasteiger partial charge in [0, 0.05) is 43.1 Å². The number of nitrogens with one attached hydrogen (secondary N) is 1. The van der Waals surface area contributed by atoms with Crippen LogP contribution < -0.4 is 5.32 Å². The molecule has 0 saturated carbocycles. The molecule has 0 unspecified atom stereocenters. The van der Waals surface area contributed by atoms with Crippen LogP contribution in [0.5, 0.6) is 0 Å². The first-order valence-electron chi connectivity index (χ1n) is 8.64. The van der Waals surface area contributed by atoms with Crippen LogP contribution in [0.1, 0.15) is 23.3 Å². The molecule has 24 heavy (non-hydrogen) atoms.